The van der Waals surface area contributed by atoms with E-state index in [2.05, 4.69) is 15.2 Å². The van der Waals surface area contributed by atoms with Gasteiger partial charge >= 0.3 is 0 Å². The molecule has 4 rings (SSSR count). The van der Waals surface area contributed by atoms with Crippen molar-refractivity contribution in [1.29, 1.82) is 0 Å². The van der Waals surface area contributed by atoms with Crippen LogP contribution in [0.25, 0.3) is 11.0 Å². The third-order valence-electron chi connectivity index (χ3n) is 3.93. The summed E-state index contributed by atoms with van der Waals surface area (Å²) in [5, 5.41) is 2.83. The first kappa shape index (κ1) is 13.8. The average Bonchev–Trinajstić information content (AvgIpc) is 3.27. The maximum Gasteiger partial charge on any atom is 0.292 e. The Balaban J connectivity index is 1.76. The average molecular weight is 308 g/mol. The van der Waals surface area contributed by atoms with Crippen LogP contribution in [0.1, 0.15) is 23.4 Å². The Kier molecular flexibility index (Phi) is 3.42. The SMILES string of the molecule is O=C(Nc1nc2ccccc2nc1N1CCCC1)c1ccco1. The summed E-state index contributed by atoms with van der Waals surface area (Å²) >= 11 is 0. The maximum absolute atomic E-state index is 12.3. The number of carbonyl (C=O) groups excluding carboxylic acids is 1. The number of aromatic nitrogens is 2. The first-order valence-corrected chi connectivity index (χ1v) is 7.68. The van der Waals surface area contributed by atoms with Crippen molar-refractivity contribution in [3.63, 3.8) is 0 Å². The van der Waals surface area contributed by atoms with Crippen LogP contribution in [0.3, 0.4) is 0 Å². The lowest BCUT2D eigenvalue weighted by molar-refractivity contribution is 0.0996. The minimum absolute atomic E-state index is 0.257. The van der Waals surface area contributed by atoms with Crippen molar-refractivity contribution in [2.45, 2.75) is 12.8 Å². The molecule has 1 aromatic carbocycles. The fourth-order valence-electron chi connectivity index (χ4n) is 2.80. The summed E-state index contributed by atoms with van der Waals surface area (Å²) in [6, 6.07) is 11.0. The van der Waals surface area contributed by atoms with Crippen molar-refractivity contribution in [3.8, 4) is 0 Å². The number of nitrogens with zero attached hydrogens (tertiary/aromatic N) is 3. The lowest BCUT2D eigenvalue weighted by atomic mass is 10.3. The lowest BCUT2D eigenvalue weighted by Crippen LogP contribution is -2.23. The van der Waals surface area contributed by atoms with Crippen LogP contribution in [0.15, 0.2) is 47.1 Å². The number of anilines is 2. The molecule has 6 nitrogen and oxygen atoms in total. The standard InChI is InChI=1S/C17H16N4O2/c22-17(14-8-5-11-23-14)20-15-16(21-9-3-4-10-21)19-13-7-2-1-6-12(13)18-15/h1-2,5-8,11H,3-4,9-10H2,(H,18,20,22). The lowest BCUT2D eigenvalue weighted by Gasteiger charge is -2.19. The number of furan rings is 1. The molecule has 2 aromatic heterocycles. The van der Waals surface area contributed by atoms with E-state index in [-0.39, 0.29) is 11.7 Å². The van der Waals surface area contributed by atoms with E-state index in [4.69, 9.17) is 9.40 Å². The van der Waals surface area contributed by atoms with Crippen LogP contribution in [0, 0.1) is 0 Å². The van der Waals surface area contributed by atoms with Gasteiger partial charge in [-0.05, 0) is 37.1 Å². The molecule has 1 fully saturated rings. The summed E-state index contributed by atoms with van der Waals surface area (Å²) in [5.41, 5.74) is 1.58. The molecule has 1 aliphatic heterocycles. The summed E-state index contributed by atoms with van der Waals surface area (Å²) in [6.45, 7) is 1.85. The van der Waals surface area contributed by atoms with E-state index in [1.54, 1.807) is 12.1 Å². The van der Waals surface area contributed by atoms with Crippen LogP contribution < -0.4 is 10.2 Å². The molecule has 0 atom stereocenters. The molecule has 0 aliphatic carbocycles. The van der Waals surface area contributed by atoms with E-state index in [1.165, 1.54) is 6.26 Å². The molecule has 0 spiro atoms. The van der Waals surface area contributed by atoms with Crippen LogP contribution in [0.4, 0.5) is 11.6 Å². The normalized spacial score (nSPS) is 14.3. The second kappa shape index (κ2) is 5.72. The van der Waals surface area contributed by atoms with Crippen molar-refractivity contribution in [1.82, 2.24) is 9.97 Å². The number of hydrogen-bond donors (Lipinski definition) is 1. The van der Waals surface area contributed by atoms with Crippen LogP contribution >= 0.6 is 0 Å². The largest absolute Gasteiger partial charge is 0.459 e. The van der Waals surface area contributed by atoms with Gasteiger partial charge in [-0.3, -0.25) is 4.79 Å². The number of fused-ring (bicyclic) bond motifs is 1. The van der Waals surface area contributed by atoms with Gasteiger partial charge in [0.1, 0.15) is 0 Å². The molecule has 1 saturated heterocycles. The summed E-state index contributed by atoms with van der Waals surface area (Å²) in [4.78, 5) is 23.8. The quantitative estimate of drug-likeness (QED) is 0.805. The number of hydrogen-bond acceptors (Lipinski definition) is 5. The minimum Gasteiger partial charge on any atom is -0.459 e. The van der Waals surface area contributed by atoms with Crippen molar-refractivity contribution in [3.05, 3.63) is 48.4 Å². The zero-order valence-electron chi connectivity index (χ0n) is 12.5. The van der Waals surface area contributed by atoms with Crippen LogP contribution in [-0.2, 0) is 0 Å². The molecular weight excluding hydrogens is 292 g/mol. The van der Waals surface area contributed by atoms with Gasteiger partial charge in [-0.25, -0.2) is 9.97 Å². The fourth-order valence-corrected chi connectivity index (χ4v) is 2.80. The number of carbonyl (C=O) groups is 1. The van der Waals surface area contributed by atoms with E-state index in [0.29, 0.717) is 5.82 Å². The Labute approximate surface area is 133 Å². The smallest absolute Gasteiger partial charge is 0.292 e. The van der Waals surface area contributed by atoms with Gasteiger partial charge in [0.05, 0.1) is 17.3 Å². The second-order valence-corrected chi connectivity index (χ2v) is 5.51. The number of amides is 1. The van der Waals surface area contributed by atoms with Gasteiger partial charge in [-0.1, -0.05) is 12.1 Å². The molecule has 0 bridgehead atoms. The highest BCUT2D eigenvalue weighted by Crippen LogP contribution is 2.28. The highest BCUT2D eigenvalue weighted by atomic mass is 16.3. The summed E-state index contributed by atoms with van der Waals surface area (Å²) in [5.74, 6) is 1.14. The highest BCUT2D eigenvalue weighted by Gasteiger charge is 2.21. The van der Waals surface area contributed by atoms with Crippen LogP contribution in [0.2, 0.25) is 0 Å². The third kappa shape index (κ3) is 2.63. The van der Waals surface area contributed by atoms with E-state index >= 15 is 0 Å². The van der Waals surface area contributed by atoms with Crippen molar-refractivity contribution < 1.29 is 9.21 Å². The van der Waals surface area contributed by atoms with Gasteiger partial charge in [-0.15, -0.1) is 0 Å². The first-order valence-electron chi connectivity index (χ1n) is 7.68. The van der Waals surface area contributed by atoms with Gasteiger partial charge < -0.3 is 14.6 Å². The summed E-state index contributed by atoms with van der Waals surface area (Å²) < 4.78 is 5.15. The number of benzene rings is 1. The molecule has 0 saturated carbocycles. The zero-order valence-corrected chi connectivity index (χ0v) is 12.5. The zero-order chi connectivity index (χ0) is 15.6. The molecule has 1 amide bonds. The number of nitrogens with one attached hydrogen (secondary N) is 1. The molecule has 0 radical (unpaired) electrons. The van der Waals surface area contributed by atoms with Gasteiger partial charge in [0.25, 0.3) is 5.91 Å². The molecule has 116 valence electrons. The molecule has 3 aromatic rings. The summed E-state index contributed by atoms with van der Waals surface area (Å²) in [7, 11) is 0. The highest BCUT2D eigenvalue weighted by molar-refractivity contribution is 6.03. The molecule has 3 heterocycles. The van der Waals surface area contributed by atoms with Gasteiger partial charge in [-0.2, -0.15) is 0 Å². The Bertz CT molecular complexity index is 839. The first-order chi connectivity index (χ1) is 11.3. The predicted octanol–water partition coefficient (Wildman–Crippen LogP) is 3.08. The van der Waals surface area contributed by atoms with Gasteiger partial charge in [0.15, 0.2) is 17.4 Å². The fraction of sp³-hybridized carbons (Fsp3) is 0.235. The predicted molar refractivity (Wildman–Crippen MR) is 87.6 cm³/mol. The monoisotopic (exact) mass is 308 g/mol. The Morgan fingerprint density at radius 3 is 2.48 bits per heavy atom. The van der Waals surface area contributed by atoms with Crippen LogP contribution in [-0.4, -0.2) is 29.0 Å². The van der Waals surface area contributed by atoms with E-state index in [1.807, 2.05) is 24.3 Å². The minimum atomic E-state index is -0.319. The van der Waals surface area contributed by atoms with Crippen molar-refractivity contribution in [2.24, 2.45) is 0 Å². The molecule has 1 aliphatic rings. The van der Waals surface area contributed by atoms with Crippen molar-refractivity contribution in [2.75, 3.05) is 23.3 Å². The Morgan fingerprint density at radius 1 is 1.04 bits per heavy atom. The van der Waals surface area contributed by atoms with E-state index < -0.39 is 0 Å². The number of rotatable bonds is 3. The second-order valence-electron chi connectivity index (χ2n) is 5.51. The maximum atomic E-state index is 12.3. The Hall–Kier alpha value is -2.89. The van der Waals surface area contributed by atoms with E-state index in [9.17, 15) is 4.79 Å². The van der Waals surface area contributed by atoms with Gasteiger partial charge in [0.2, 0.25) is 0 Å². The topological polar surface area (TPSA) is 71.3 Å². The molecule has 1 N–H and O–H groups in total. The molecule has 6 heteroatoms. The van der Waals surface area contributed by atoms with E-state index in [0.717, 1.165) is 42.8 Å². The molecule has 23 heavy (non-hydrogen) atoms. The summed E-state index contributed by atoms with van der Waals surface area (Å²) in [6.07, 6.45) is 3.72. The third-order valence-corrected chi connectivity index (χ3v) is 3.93. The number of para-hydroxylation sites is 2. The molecular formula is C17H16N4O2. The Morgan fingerprint density at radius 2 is 1.78 bits per heavy atom. The van der Waals surface area contributed by atoms with Crippen molar-refractivity contribution >= 4 is 28.6 Å². The molecule has 0 unspecified atom stereocenters. The van der Waals surface area contributed by atoms with Gasteiger partial charge in [0, 0.05) is 13.1 Å². The van der Waals surface area contributed by atoms with Crippen LogP contribution in [0.5, 0.6) is 0 Å².